The maximum atomic E-state index is 12.4. The fraction of sp³-hybridized carbons (Fsp3) is 0.550. The summed E-state index contributed by atoms with van der Waals surface area (Å²) in [5.41, 5.74) is 1.05. The minimum atomic E-state index is 0.311. The molecule has 0 bridgehead atoms. The summed E-state index contributed by atoms with van der Waals surface area (Å²) in [6.45, 7) is 2.46. The molecule has 1 amide bonds. The smallest absolute Gasteiger partial charge is 0.232 e. The predicted molar refractivity (Wildman–Crippen MR) is 104 cm³/mol. The van der Waals surface area contributed by atoms with Gasteiger partial charge in [-0.3, -0.25) is 9.78 Å². The lowest BCUT2D eigenvalue weighted by Gasteiger charge is -2.32. The second-order valence-corrected chi connectivity index (χ2v) is 8.38. The Bertz CT molecular complexity index is 720. The highest BCUT2D eigenvalue weighted by Gasteiger charge is 2.27. The minimum Gasteiger partial charge on any atom is -0.342 e. The Morgan fingerprint density at radius 3 is 2.69 bits per heavy atom. The molecule has 0 aromatic carbocycles. The van der Waals surface area contributed by atoms with Gasteiger partial charge in [-0.05, 0) is 49.5 Å². The molecule has 0 radical (unpaired) electrons. The number of rotatable bonds is 7. The van der Waals surface area contributed by atoms with E-state index < -0.39 is 0 Å². The largest absolute Gasteiger partial charge is 0.342 e. The third-order valence-electron chi connectivity index (χ3n) is 5.30. The first-order valence-corrected chi connectivity index (χ1v) is 10.7. The van der Waals surface area contributed by atoms with Gasteiger partial charge in [0.1, 0.15) is 5.82 Å². The van der Waals surface area contributed by atoms with E-state index in [1.54, 1.807) is 0 Å². The third-order valence-corrected chi connectivity index (χ3v) is 6.45. The molecule has 0 N–H and O–H groups in total. The van der Waals surface area contributed by atoms with Crippen LogP contribution in [0.1, 0.15) is 43.1 Å². The first-order chi connectivity index (χ1) is 12.8. The van der Waals surface area contributed by atoms with Gasteiger partial charge in [0.15, 0.2) is 0 Å². The van der Waals surface area contributed by atoms with Crippen LogP contribution in [0.15, 0.2) is 36.8 Å². The standard InChI is InChI=1S/C20H26N4OS/c25-19(15-26-14-16-4-5-16)23-10-6-17(7-11-23)20-22-9-12-24(20)13-18-3-1-2-8-21-18/h1-3,8-9,12,16-17H,4-7,10-11,13-15H2. The van der Waals surface area contributed by atoms with E-state index in [4.69, 9.17) is 0 Å². The highest BCUT2D eigenvalue weighted by molar-refractivity contribution is 7.99. The molecule has 2 aromatic heterocycles. The number of thioether (sulfide) groups is 1. The molecule has 2 aromatic rings. The lowest BCUT2D eigenvalue weighted by Crippen LogP contribution is -2.39. The average Bonchev–Trinajstić information content (AvgIpc) is 3.39. The van der Waals surface area contributed by atoms with Crippen molar-refractivity contribution in [1.82, 2.24) is 19.4 Å². The number of likely N-dealkylation sites (tertiary alicyclic amines) is 1. The van der Waals surface area contributed by atoms with Crippen LogP contribution in [-0.4, -0.2) is 49.9 Å². The monoisotopic (exact) mass is 370 g/mol. The Labute approximate surface area is 159 Å². The number of carbonyl (C=O) groups is 1. The molecule has 26 heavy (non-hydrogen) atoms. The van der Waals surface area contributed by atoms with Crippen LogP contribution in [0, 0.1) is 5.92 Å². The Morgan fingerprint density at radius 1 is 1.12 bits per heavy atom. The maximum absolute atomic E-state index is 12.4. The zero-order chi connectivity index (χ0) is 17.8. The highest BCUT2D eigenvalue weighted by Crippen LogP contribution is 2.32. The fourth-order valence-corrected chi connectivity index (χ4v) is 4.70. The molecule has 0 unspecified atom stereocenters. The van der Waals surface area contributed by atoms with E-state index in [9.17, 15) is 4.79 Å². The first-order valence-electron chi connectivity index (χ1n) is 9.56. The molecule has 1 aliphatic carbocycles. The molecule has 2 aliphatic rings. The lowest BCUT2D eigenvalue weighted by molar-refractivity contribution is -0.129. The molecule has 6 heteroatoms. The molecule has 5 nitrogen and oxygen atoms in total. The minimum absolute atomic E-state index is 0.311. The Hall–Kier alpha value is -1.82. The molecule has 0 atom stereocenters. The fourth-order valence-electron chi connectivity index (χ4n) is 3.56. The van der Waals surface area contributed by atoms with E-state index in [2.05, 4.69) is 14.5 Å². The summed E-state index contributed by atoms with van der Waals surface area (Å²) in [4.78, 5) is 23.4. The summed E-state index contributed by atoms with van der Waals surface area (Å²) in [7, 11) is 0. The Morgan fingerprint density at radius 2 is 1.96 bits per heavy atom. The van der Waals surface area contributed by atoms with Crippen molar-refractivity contribution in [1.29, 1.82) is 0 Å². The molecule has 1 saturated carbocycles. The van der Waals surface area contributed by atoms with Gasteiger partial charge in [0.05, 0.1) is 18.0 Å². The van der Waals surface area contributed by atoms with E-state index in [1.165, 1.54) is 12.8 Å². The number of aromatic nitrogens is 3. The maximum Gasteiger partial charge on any atom is 0.232 e. The summed E-state index contributed by atoms with van der Waals surface area (Å²) in [5.74, 6) is 4.56. The van der Waals surface area contributed by atoms with Crippen molar-refractivity contribution in [2.75, 3.05) is 24.6 Å². The number of nitrogens with zero attached hydrogens (tertiary/aromatic N) is 4. The summed E-state index contributed by atoms with van der Waals surface area (Å²) in [5, 5.41) is 0. The predicted octanol–water partition coefficient (Wildman–Crippen LogP) is 3.18. The van der Waals surface area contributed by atoms with Gasteiger partial charge < -0.3 is 9.47 Å². The van der Waals surface area contributed by atoms with Crippen molar-refractivity contribution in [2.24, 2.45) is 5.92 Å². The summed E-state index contributed by atoms with van der Waals surface area (Å²) in [6.07, 6.45) is 10.5. The number of amides is 1. The van der Waals surface area contributed by atoms with E-state index in [1.807, 2.05) is 53.5 Å². The van der Waals surface area contributed by atoms with E-state index in [-0.39, 0.29) is 0 Å². The topological polar surface area (TPSA) is 51.0 Å². The van der Waals surface area contributed by atoms with Gasteiger partial charge >= 0.3 is 0 Å². The van der Waals surface area contributed by atoms with Crippen LogP contribution in [0.3, 0.4) is 0 Å². The molecule has 3 heterocycles. The second kappa shape index (κ2) is 8.25. The first kappa shape index (κ1) is 17.6. The van der Waals surface area contributed by atoms with Crippen molar-refractivity contribution in [3.8, 4) is 0 Å². The van der Waals surface area contributed by atoms with Gasteiger partial charge in [-0.1, -0.05) is 6.07 Å². The molecule has 4 rings (SSSR count). The number of pyridine rings is 1. The SMILES string of the molecule is O=C(CSCC1CC1)N1CCC(c2nccn2Cc2ccccn2)CC1. The number of carbonyl (C=O) groups excluding carboxylic acids is 1. The summed E-state index contributed by atoms with van der Waals surface area (Å²) in [6, 6.07) is 6.00. The lowest BCUT2D eigenvalue weighted by atomic mass is 9.96. The number of hydrogen-bond acceptors (Lipinski definition) is 4. The van der Waals surface area contributed by atoms with Gasteiger partial charge in [0, 0.05) is 37.6 Å². The third kappa shape index (κ3) is 4.47. The summed E-state index contributed by atoms with van der Waals surface area (Å²) >= 11 is 1.81. The molecule has 138 valence electrons. The summed E-state index contributed by atoms with van der Waals surface area (Å²) < 4.78 is 2.20. The number of imidazole rings is 1. The van der Waals surface area contributed by atoms with E-state index >= 15 is 0 Å². The molecular weight excluding hydrogens is 344 g/mol. The van der Waals surface area contributed by atoms with E-state index in [0.29, 0.717) is 17.6 Å². The van der Waals surface area contributed by atoms with Crippen LogP contribution in [0.5, 0.6) is 0 Å². The molecule has 2 fully saturated rings. The Kier molecular flexibility index (Phi) is 5.58. The number of hydrogen-bond donors (Lipinski definition) is 0. The Balaban J connectivity index is 1.29. The molecule has 1 aliphatic heterocycles. The van der Waals surface area contributed by atoms with Crippen LogP contribution >= 0.6 is 11.8 Å². The van der Waals surface area contributed by atoms with Gasteiger partial charge in [-0.2, -0.15) is 11.8 Å². The molecule has 1 saturated heterocycles. The van der Waals surface area contributed by atoms with Crippen LogP contribution in [0.25, 0.3) is 0 Å². The second-order valence-electron chi connectivity index (χ2n) is 7.35. The molecule has 0 spiro atoms. The van der Waals surface area contributed by atoms with Crippen LogP contribution < -0.4 is 0 Å². The van der Waals surface area contributed by atoms with Gasteiger partial charge in [-0.15, -0.1) is 0 Å². The highest BCUT2D eigenvalue weighted by atomic mass is 32.2. The van der Waals surface area contributed by atoms with Crippen molar-refractivity contribution in [2.45, 2.75) is 38.1 Å². The number of piperidine rings is 1. The zero-order valence-corrected chi connectivity index (χ0v) is 15.9. The average molecular weight is 371 g/mol. The van der Waals surface area contributed by atoms with E-state index in [0.717, 1.165) is 55.7 Å². The van der Waals surface area contributed by atoms with Crippen LogP contribution in [-0.2, 0) is 11.3 Å². The van der Waals surface area contributed by atoms with Gasteiger partial charge in [0.2, 0.25) is 5.91 Å². The van der Waals surface area contributed by atoms with Crippen molar-refractivity contribution < 1.29 is 4.79 Å². The van der Waals surface area contributed by atoms with Crippen molar-refractivity contribution >= 4 is 17.7 Å². The van der Waals surface area contributed by atoms with Crippen LogP contribution in [0.2, 0.25) is 0 Å². The quantitative estimate of drug-likeness (QED) is 0.751. The molecular formula is C20H26N4OS. The normalized spacial score (nSPS) is 18.2. The van der Waals surface area contributed by atoms with Crippen molar-refractivity contribution in [3.05, 3.63) is 48.3 Å². The van der Waals surface area contributed by atoms with Gasteiger partial charge in [0.25, 0.3) is 0 Å². The van der Waals surface area contributed by atoms with Crippen LogP contribution in [0.4, 0.5) is 0 Å². The van der Waals surface area contributed by atoms with Gasteiger partial charge in [-0.25, -0.2) is 4.98 Å². The zero-order valence-electron chi connectivity index (χ0n) is 15.1. The van der Waals surface area contributed by atoms with Crippen molar-refractivity contribution in [3.63, 3.8) is 0 Å².